The zero-order valence-electron chi connectivity index (χ0n) is 44.8. The summed E-state index contributed by atoms with van der Waals surface area (Å²) in [5.74, 6) is -0.498. The van der Waals surface area contributed by atoms with Gasteiger partial charge in [0.25, 0.3) is 0 Å². The topological polar surface area (TPSA) is 95.9 Å². The van der Waals surface area contributed by atoms with Crippen molar-refractivity contribution in [2.24, 2.45) is 0 Å². The van der Waals surface area contributed by atoms with E-state index in [4.69, 9.17) is 4.74 Å². The largest absolute Gasteiger partial charge is 0.462 e. The van der Waals surface area contributed by atoms with Crippen LogP contribution in [0.2, 0.25) is 0 Å². The van der Waals surface area contributed by atoms with Crippen LogP contribution in [0.15, 0.2) is 48.6 Å². The molecular formula is C61H113NO5. The molecule has 0 spiro atoms. The molecule has 0 rings (SSSR count). The van der Waals surface area contributed by atoms with E-state index in [0.717, 1.165) is 70.6 Å². The molecule has 3 unspecified atom stereocenters. The van der Waals surface area contributed by atoms with Gasteiger partial charge in [0.05, 0.1) is 25.2 Å². The third-order valence-electron chi connectivity index (χ3n) is 13.4. The smallest absolute Gasteiger partial charge is 0.306 e. The Labute approximate surface area is 416 Å². The van der Waals surface area contributed by atoms with Crippen LogP contribution in [-0.2, 0) is 14.3 Å². The van der Waals surface area contributed by atoms with E-state index >= 15 is 0 Å². The van der Waals surface area contributed by atoms with Crippen molar-refractivity contribution in [3.05, 3.63) is 48.6 Å². The number of hydrogen-bond donors (Lipinski definition) is 3. The zero-order chi connectivity index (χ0) is 48.8. The number of ether oxygens (including phenoxy) is 1. The lowest BCUT2D eigenvalue weighted by Gasteiger charge is -2.24. The second-order valence-electron chi connectivity index (χ2n) is 20.1. The minimum absolute atomic E-state index is 0.0557. The molecule has 1 amide bonds. The van der Waals surface area contributed by atoms with Crippen LogP contribution in [-0.4, -0.2) is 46.9 Å². The van der Waals surface area contributed by atoms with Crippen LogP contribution in [0.3, 0.4) is 0 Å². The van der Waals surface area contributed by atoms with Crippen molar-refractivity contribution in [2.75, 3.05) is 6.61 Å². The predicted molar refractivity (Wildman–Crippen MR) is 292 cm³/mol. The van der Waals surface area contributed by atoms with E-state index in [1.807, 2.05) is 0 Å². The Morgan fingerprint density at radius 1 is 0.433 bits per heavy atom. The van der Waals surface area contributed by atoms with Crippen LogP contribution >= 0.6 is 0 Å². The number of carbonyl (C=O) groups excluding carboxylic acids is 2. The first kappa shape index (κ1) is 64.8. The summed E-state index contributed by atoms with van der Waals surface area (Å²) >= 11 is 0. The first-order valence-electron chi connectivity index (χ1n) is 29.4. The van der Waals surface area contributed by atoms with Gasteiger partial charge in [0, 0.05) is 6.42 Å². The first-order valence-corrected chi connectivity index (χ1v) is 29.4. The molecule has 3 atom stereocenters. The fourth-order valence-electron chi connectivity index (χ4n) is 8.96. The highest BCUT2D eigenvalue weighted by Crippen LogP contribution is 2.18. The van der Waals surface area contributed by atoms with Gasteiger partial charge in [0.1, 0.15) is 6.10 Å². The molecule has 6 nitrogen and oxygen atoms in total. The highest BCUT2D eigenvalue weighted by atomic mass is 16.5. The van der Waals surface area contributed by atoms with Gasteiger partial charge in [-0.25, -0.2) is 0 Å². The molecule has 0 aliphatic carbocycles. The van der Waals surface area contributed by atoms with Gasteiger partial charge in [-0.15, -0.1) is 0 Å². The van der Waals surface area contributed by atoms with Crippen LogP contribution < -0.4 is 5.32 Å². The van der Waals surface area contributed by atoms with E-state index in [9.17, 15) is 19.8 Å². The number of aliphatic hydroxyl groups excluding tert-OH is 2. The molecule has 0 saturated heterocycles. The highest BCUT2D eigenvalue weighted by Gasteiger charge is 2.24. The molecule has 0 aromatic heterocycles. The number of hydrogen-bond acceptors (Lipinski definition) is 5. The number of nitrogens with one attached hydrogen (secondary N) is 1. The molecule has 3 N–H and O–H groups in total. The molecular weight excluding hydrogens is 827 g/mol. The van der Waals surface area contributed by atoms with Crippen LogP contribution in [0.4, 0.5) is 0 Å². The van der Waals surface area contributed by atoms with Gasteiger partial charge < -0.3 is 20.3 Å². The summed E-state index contributed by atoms with van der Waals surface area (Å²) in [6.45, 7) is 6.48. The van der Waals surface area contributed by atoms with Gasteiger partial charge >= 0.3 is 5.97 Å². The number of aliphatic hydroxyl groups is 2. The van der Waals surface area contributed by atoms with Gasteiger partial charge in [-0.2, -0.15) is 0 Å². The fourth-order valence-corrected chi connectivity index (χ4v) is 8.96. The molecule has 0 fully saturated rings. The number of carbonyl (C=O) groups is 2. The summed E-state index contributed by atoms with van der Waals surface area (Å²) in [6.07, 6.45) is 67.5. The van der Waals surface area contributed by atoms with Crippen molar-refractivity contribution in [2.45, 2.75) is 322 Å². The molecule has 0 heterocycles. The Balaban J connectivity index is 4.59. The maximum atomic E-state index is 13.3. The third-order valence-corrected chi connectivity index (χ3v) is 13.4. The monoisotopic (exact) mass is 940 g/mol. The quantitative estimate of drug-likeness (QED) is 0.0244. The van der Waals surface area contributed by atoms with E-state index < -0.39 is 18.2 Å². The van der Waals surface area contributed by atoms with Gasteiger partial charge in [-0.3, -0.25) is 9.59 Å². The van der Waals surface area contributed by atoms with Gasteiger partial charge in [-0.05, 0) is 77.0 Å². The summed E-state index contributed by atoms with van der Waals surface area (Å²) in [5, 5.41) is 23.9. The number of rotatable bonds is 53. The molecule has 392 valence electrons. The molecule has 0 aliphatic rings. The lowest BCUT2D eigenvalue weighted by molar-refractivity contribution is -0.151. The Bertz CT molecular complexity index is 1150. The van der Waals surface area contributed by atoms with E-state index in [1.165, 1.54) is 186 Å². The van der Waals surface area contributed by atoms with Crippen molar-refractivity contribution >= 4 is 11.9 Å². The van der Waals surface area contributed by atoms with Gasteiger partial charge in [0.2, 0.25) is 5.91 Å². The minimum atomic E-state index is -0.798. The molecule has 0 aliphatic heterocycles. The molecule has 6 heteroatoms. The average molecular weight is 941 g/mol. The van der Waals surface area contributed by atoms with Crippen molar-refractivity contribution in [1.29, 1.82) is 0 Å². The molecule has 0 saturated carbocycles. The van der Waals surface area contributed by atoms with Crippen molar-refractivity contribution in [1.82, 2.24) is 5.32 Å². The Morgan fingerprint density at radius 2 is 0.776 bits per heavy atom. The number of amides is 1. The van der Waals surface area contributed by atoms with Gasteiger partial charge in [0.15, 0.2) is 0 Å². The molecule has 0 radical (unpaired) electrons. The van der Waals surface area contributed by atoms with Crippen molar-refractivity contribution < 1.29 is 24.5 Å². The summed E-state index contributed by atoms with van der Waals surface area (Å²) in [5.41, 5.74) is 0. The predicted octanol–water partition coefficient (Wildman–Crippen LogP) is 18.2. The normalized spacial score (nSPS) is 13.4. The van der Waals surface area contributed by atoms with E-state index in [1.54, 1.807) is 0 Å². The van der Waals surface area contributed by atoms with Crippen LogP contribution in [0.25, 0.3) is 0 Å². The second kappa shape index (κ2) is 54.8. The number of allylic oxidation sites excluding steroid dienone is 8. The first-order chi connectivity index (χ1) is 33.0. The van der Waals surface area contributed by atoms with E-state index in [0.29, 0.717) is 19.3 Å². The lowest BCUT2D eigenvalue weighted by atomic mass is 10.0. The molecule has 0 bridgehead atoms. The SMILES string of the molecule is CCCCCCC/C=C/C=C/C=C/CCCCCC(CC(=O)NC(CO)C(O)CCCCCCCCCCCCCCC)OC(=O)CCCCCCCCCCC/C=C/CCCCCCCC. The van der Waals surface area contributed by atoms with E-state index in [-0.39, 0.29) is 24.9 Å². The zero-order valence-corrected chi connectivity index (χ0v) is 44.8. The minimum Gasteiger partial charge on any atom is -0.462 e. The van der Waals surface area contributed by atoms with Crippen LogP contribution in [0, 0.1) is 0 Å². The summed E-state index contributed by atoms with van der Waals surface area (Å²) < 4.78 is 5.95. The molecule has 0 aromatic rings. The molecule has 67 heavy (non-hydrogen) atoms. The maximum absolute atomic E-state index is 13.3. The van der Waals surface area contributed by atoms with Crippen LogP contribution in [0.5, 0.6) is 0 Å². The summed E-state index contributed by atoms with van der Waals surface area (Å²) in [6, 6.07) is -0.713. The Morgan fingerprint density at radius 3 is 1.19 bits per heavy atom. The van der Waals surface area contributed by atoms with Crippen LogP contribution in [0.1, 0.15) is 303 Å². The third kappa shape index (κ3) is 50.0. The second-order valence-corrected chi connectivity index (χ2v) is 20.1. The number of esters is 1. The van der Waals surface area contributed by atoms with Gasteiger partial charge in [-0.1, -0.05) is 262 Å². The Hall–Kier alpha value is -2.18. The average Bonchev–Trinajstić information content (AvgIpc) is 3.32. The fraction of sp³-hybridized carbons (Fsp3) is 0.836. The molecule has 0 aromatic carbocycles. The van der Waals surface area contributed by atoms with Crippen molar-refractivity contribution in [3.63, 3.8) is 0 Å². The van der Waals surface area contributed by atoms with E-state index in [2.05, 4.69) is 74.7 Å². The summed E-state index contributed by atoms with van der Waals surface area (Å²) in [4.78, 5) is 26.3. The summed E-state index contributed by atoms with van der Waals surface area (Å²) in [7, 11) is 0. The Kier molecular flexibility index (Phi) is 53.0. The van der Waals surface area contributed by atoms with Crippen molar-refractivity contribution in [3.8, 4) is 0 Å². The lowest BCUT2D eigenvalue weighted by Crippen LogP contribution is -2.46. The number of unbranched alkanes of at least 4 members (excludes halogenated alkanes) is 35. The standard InChI is InChI=1S/C61H113NO5/c1-4-7-10-13-16-19-22-25-27-29-30-31-33-36-39-42-45-48-51-54-61(66)67-57(52-49-46-43-40-37-35-32-28-26-23-20-17-14-11-8-5-2)55-60(65)62-58(56-63)59(64)53-50-47-44-41-38-34-24-21-18-15-12-9-6-3/h23,25-28,32,35,37,57-59,63-64H,4-22,24,29-31,33-34,36,38-56H2,1-3H3,(H,62,65)/b26-23+,27-25+,32-28+,37-35+. The highest BCUT2D eigenvalue weighted by molar-refractivity contribution is 5.77. The maximum Gasteiger partial charge on any atom is 0.306 e.